The van der Waals surface area contributed by atoms with Crippen LogP contribution in [0.1, 0.15) is 36.8 Å². The molecule has 2 unspecified atom stereocenters. The average molecular weight is 188 g/mol. The summed E-state index contributed by atoms with van der Waals surface area (Å²) in [5.74, 6) is 0. The molecule has 1 aromatic rings. The Bertz CT molecular complexity index is 341. The van der Waals surface area contributed by atoms with E-state index < -0.39 is 0 Å². The molecule has 74 valence electrons. The van der Waals surface area contributed by atoms with Crippen LogP contribution in [0.5, 0.6) is 0 Å². The molecule has 1 aromatic carbocycles. The van der Waals surface area contributed by atoms with Crippen LogP contribution in [0.25, 0.3) is 0 Å². The molecule has 0 aromatic heterocycles. The van der Waals surface area contributed by atoms with Crippen molar-refractivity contribution in [3.05, 3.63) is 35.4 Å². The van der Waals surface area contributed by atoms with Gasteiger partial charge in [-0.05, 0) is 25.3 Å². The Kier molecular flexibility index (Phi) is 1.72. The van der Waals surface area contributed by atoms with Crippen LogP contribution in [0.4, 0.5) is 0 Å². The van der Waals surface area contributed by atoms with Crippen molar-refractivity contribution in [2.24, 2.45) is 0 Å². The number of aryl methyl sites for hydroxylation is 1. The first kappa shape index (κ1) is 8.49. The van der Waals surface area contributed by atoms with E-state index in [9.17, 15) is 0 Å². The quantitative estimate of drug-likeness (QED) is 0.617. The van der Waals surface area contributed by atoms with Gasteiger partial charge in [-0.15, -0.1) is 0 Å². The molecular formula is C13H16O. The molecule has 0 radical (unpaired) electrons. The Morgan fingerprint density at radius 1 is 1.21 bits per heavy atom. The van der Waals surface area contributed by atoms with Gasteiger partial charge in [-0.2, -0.15) is 0 Å². The van der Waals surface area contributed by atoms with Crippen LogP contribution in [0.15, 0.2) is 24.3 Å². The fraction of sp³-hybridized carbons (Fsp3) is 0.538. The van der Waals surface area contributed by atoms with Gasteiger partial charge >= 0.3 is 0 Å². The summed E-state index contributed by atoms with van der Waals surface area (Å²) in [6.45, 7) is 2.13. The van der Waals surface area contributed by atoms with Gasteiger partial charge in [0.05, 0.1) is 6.10 Å². The second kappa shape index (κ2) is 2.83. The predicted molar refractivity (Wildman–Crippen MR) is 56.2 cm³/mol. The minimum atomic E-state index is 0.131. The summed E-state index contributed by atoms with van der Waals surface area (Å²) in [4.78, 5) is 0. The number of epoxide rings is 1. The SMILES string of the molecule is Cc1ccc(C23CCCCC2O3)cc1. The average Bonchev–Trinajstić information content (AvgIpc) is 2.94. The lowest BCUT2D eigenvalue weighted by Gasteiger charge is -2.17. The van der Waals surface area contributed by atoms with Gasteiger partial charge in [0, 0.05) is 0 Å². The maximum Gasteiger partial charge on any atom is 0.120 e. The first-order chi connectivity index (χ1) is 6.81. The monoisotopic (exact) mass is 188 g/mol. The first-order valence-electron chi connectivity index (χ1n) is 5.56. The zero-order valence-electron chi connectivity index (χ0n) is 8.62. The van der Waals surface area contributed by atoms with Crippen molar-refractivity contribution in [1.29, 1.82) is 0 Å². The lowest BCUT2D eigenvalue weighted by atomic mass is 9.83. The molecule has 1 saturated heterocycles. The molecule has 2 fully saturated rings. The Labute approximate surface area is 85.1 Å². The lowest BCUT2D eigenvalue weighted by molar-refractivity contribution is 0.289. The van der Waals surface area contributed by atoms with E-state index in [2.05, 4.69) is 31.2 Å². The van der Waals surface area contributed by atoms with E-state index in [0.717, 1.165) is 0 Å². The smallest absolute Gasteiger partial charge is 0.120 e. The van der Waals surface area contributed by atoms with Crippen LogP contribution in [-0.4, -0.2) is 6.10 Å². The number of rotatable bonds is 1. The third-order valence-electron chi connectivity index (χ3n) is 3.62. The Hall–Kier alpha value is -0.820. The predicted octanol–water partition coefficient (Wildman–Crippen LogP) is 3.16. The Balaban J connectivity index is 1.92. The van der Waals surface area contributed by atoms with E-state index in [0.29, 0.717) is 6.10 Å². The highest BCUT2D eigenvalue weighted by Crippen LogP contribution is 2.55. The van der Waals surface area contributed by atoms with Gasteiger partial charge in [0.1, 0.15) is 5.60 Å². The molecule has 1 saturated carbocycles. The van der Waals surface area contributed by atoms with Gasteiger partial charge in [0.2, 0.25) is 0 Å². The maximum atomic E-state index is 5.89. The molecule has 0 N–H and O–H groups in total. The molecular weight excluding hydrogens is 172 g/mol. The molecule has 1 heterocycles. The summed E-state index contributed by atoms with van der Waals surface area (Å²) in [5.41, 5.74) is 2.86. The molecule has 2 atom stereocenters. The van der Waals surface area contributed by atoms with Crippen molar-refractivity contribution in [2.45, 2.75) is 44.3 Å². The van der Waals surface area contributed by atoms with Crippen molar-refractivity contribution in [1.82, 2.24) is 0 Å². The van der Waals surface area contributed by atoms with Crippen molar-refractivity contribution < 1.29 is 4.74 Å². The van der Waals surface area contributed by atoms with E-state index in [-0.39, 0.29) is 5.60 Å². The summed E-state index contributed by atoms with van der Waals surface area (Å²) in [7, 11) is 0. The van der Waals surface area contributed by atoms with E-state index in [4.69, 9.17) is 4.74 Å². The largest absolute Gasteiger partial charge is 0.361 e. The molecule has 0 bridgehead atoms. The highest BCUT2D eigenvalue weighted by atomic mass is 16.6. The molecule has 1 aliphatic carbocycles. The second-order valence-corrected chi connectivity index (χ2v) is 4.61. The normalized spacial score (nSPS) is 35.1. The number of hydrogen-bond donors (Lipinski definition) is 0. The molecule has 14 heavy (non-hydrogen) atoms. The zero-order valence-corrected chi connectivity index (χ0v) is 8.62. The number of benzene rings is 1. The van der Waals surface area contributed by atoms with Gasteiger partial charge < -0.3 is 4.74 Å². The molecule has 1 aliphatic heterocycles. The van der Waals surface area contributed by atoms with Crippen molar-refractivity contribution in [3.8, 4) is 0 Å². The summed E-state index contributed by atoms with van der Waals surface area (Å²) >= 11 is 0. The molecule has 3 rings (SSSR count). The fourth-order valence-corrected chi connectivity index (χ4v) is 2.68. The highest BCUT2D eigenvalue weighted by molar-refractivity contribution is 5.32. The number of hydrogen-bond acceptors (Lipinski definition) is 1. The highest BCUT2D eigenvalue weighted by Gasteiger charge is 2.57. The van der Waals surface area contributed by atoms with Gasteiger partial charge in [-0.3, -0.25) is 0 Å². The first-order valence-corrected chi connectivity index (χ1v) is 5.56. The minimum absolute atomic E-state index is 0.131. The lowest BCUT2D eigenvalue weighted by Crippen LogP contribution is -2.16. The van der Waals surface area contributed by atoms with Crippen LogP contribution in [0, 0.1) is 6.92 Å². The fourth-order valence-electron chi connectivity index (χ4n) is 2.68. The van der Waals surface area contributed by atoms with Gasteiger partial charge in [-0.1, -0.05) is 42.7 Å². The Morgan fingerprint density at radius 3 is 2.71 bits per heavy atom. The molecule has 2 aliphatic rings. The standard InChI is InChI=1S/C13H16O/c1-10-5-7-11(8-6-10)13-9-3-2-4-12(13)14-13/h5-8,12H,2-4,9H2,1H3. The van der Waals surface area contributed by atoms with Crippen molar-refractivity contribution in [2.75, 3.05) is 0 Å². The zero-order chi connectivity index (χ0) is 9.60. The van der Waals surface area contributed by atoms with Crippen LogP contribution < -0.4 is 0 Å². The van der Waals surface area contributed by atoms with E-state index in [1.807, 2.05) is 0 Å². The van der Waals surface area contributed by atoms with Crippen molar-refractivity contribution >= 4 is 0 Å². The van der Waals surface area contributed by atoms with E-state index >= 15 is 0 Å². The number of fused-ring (bicyclic) bond motifs is 1. The molecule has 0 spiro atoms. The van der Waals surface area contributed by atoms with Gasteiger partial charge in [0.15, 0.2) is 0 Å². The van der Waals surface area contributed by atoms with Gasteiger partial charge in [0.25, 0.3) is 0 Å². The van der Waals surface area contributed by atoms with Gasteiger partial charge in [-0.25, -0.2) is 0 Å². The molecule has 1 nitrogen and oxygen atoms in total. The van der Waals surface area contributed by atoms with Crippen LogP contribution >= 0.6 is 0 Å². The third-order valence-corrected chi connectivity index (χ3v) is 3.62. The topological polar surface area (TPSA) is 12.5 Å². The molecule has 1 heteroatoms. The third kappa shape index (κ3) is 1.12. The summed E-state index contributed by atoms with van der Waals surface area (Å²) in [6.07, 6.45) is 5.68. The van der Waals surface area contributed by atoms with E-state index in [1.54, 1.807) is 0 Å². The second-order valence-electron chi connectivity index (χ2n) is 4.61. The van der Waals surface area contributed by atoms with Crippen molar-refractivity contribution in [3.63, 3.8) is 0 Å². The maximum absolute atomic E-state index is 5.89. The van der Waals surface area contributed by atoms with Crippen LogP contribution in [-0.2, 0) is 10.3 Å². The summed E-state index contributed by atoms with van der Waals surface area (Å²) in [5, 5.41) is 0. The minimum Gasteiger partial charge on any atom is -0.361 e. The Morgan fingerprint density at radius 2 is 2.00 bits per heavy atom. The summed E-state index contributed by atoms with van der Waals surface area (Å²) < 4.78 is 5.89. The van der Waals surface area contributed by atoms with E-state index in [1.165, 1.54) is 36.8 Å². The molecule has 0 amide bonds. The van der Waals surface area contributed by atoms with Crippen LogP contribution in [0.2, 0.25) is 0 Å². The van der Waals surface area contributed by atoms with Crippen LogP contribution in [0.3, 0.4) is 0 Å². The summed E-state index contributed by atoms with van der Waals surface area (Å²) in [6, 6.07) is 8.86. The number of ether oxygens (including phenoxy) is 1.